The minimum absolute atomic E-state index is 0.270. The lowest BCUT2D eigenvalue weighted by Gasteiger charge is -2.59. The summed E-state index contributed by atoms with van der Waals surface area (Å²) in [4.78, 5) is 2.56. The number of allylic oxidation sites excluding steroid dienone is 4. The highest BCUT2D eigenvalue weighted by Crippen LogP contribution is 2.66. The van der Waals surface area contributed by atoms with Crippen molar-refractivity contribution in [3.05, 3.63) is 156 Å². The van der Waals surface area contributed by atoms with Gasteiger partial charge in [0.1, 0.15) is 11.2 Å². The number of hydrogen-bond acceptors (Lipinski definition) is 2. The summed E-state index contributed by atoms with van der Waals surface area (Å²) in [5, 5.41) is 0. The fourth-order valence-corrected chi connectivity index (χ4v) is 12.2. The molecule has 5 aromatic carbocycles. The van der Waals surface area contributed by atoms with E-state index in [1.807, 2.05) is 0 Å². The third-order valence-corrected chi connectivity index (χ3v) is 14.8. The van der Waals surface area contributed by atoms with Crippen LogP contribution in [0.1, 0.15) is 108 Å². The van der Waals surface area contributed by atoms with Gasteiger partial charge in [0, 0.05) is 16.9 Å². The molecule has 2 nitrogen and oxygen atoms in total. The van der Waals surface area contributed by atoms with Crippen LogP contribution in [0.3, 0.4) is 0 Å². The molecule has 0 saturated heterocycles. The van der Waals surface area contributed by atoms with Gasteiger partial charge in [-0.2, -0.15) is 0 Å². The average molecular weight is 736 g/mol. The van der Waals surface area contributed by atoms with Crippen LogP contribution in [-0.4, -0.2) is 0 Å². The summed E-state index contributed by atoms with van der Waals surface area (Å²) in [5.41, 5.74) is 13.7. The van der Waals surface area contributed by atoms with E-state index in [1.165, 1.54) is 119 Å². The Morgan fingerprint density at radius 1 is 0.589 bits per heavy atom. The summed E-state index contributed by atoms with van der Waals surface area (Å²) >= 11 is 0. The third-order valence-electron chi connectivity index (χ3n) is 14.8. The van der Waals surface area contributed by atoms with Crippen molar-refractivity contribution in [2.75, 3.05) is 4.90 Å². The van der Waals surface area contributed by atoms with Crippen LogP contribution in [0.15, 0.2) is 140 Å². The zero-order chi connectivity index (χ0) is 37.7. The van der Waals surface area contributed by atoms with E-state index in [2.05, 4.69) is 158 Å². The van der Waals surface area contributed by atoms with Crippen LogP contribution in [0.25, 0.3) is 27.8 Å². The van der Waals surface area contributed by atoms with Crippen molar-refractivity contribution in [1.82, 2.24) is 0 Å². The fourth-order valence-electron chi connectivity index (χ4n) is 12.2. The van der Waals surface area contributed by atoms with E-state index in [9.17, 15) is 0 Å². The number of benzene rings is 5. The van der Waals surface area contributed by atoms with Crippen molar-refractivity contribution in [3.8, 4) is 22.3 Å². The van der Waals surface area contributed by atoms with Crippen LogP contribution >= 0.6 is 0 Å². The lowest BCUT2D eigenvalue weighted by molar-refractivity contribution is -0.283. The molecule has 3 unspecified atom stereocenters. The first-order valence-corrected chi connectivity index (χ1v) is 22.0. The summed E-state index contributed by atoms with van der Waals surface area (Å²) in [7, 11) is 0. The average Bonchev–Trinajstić information content (AvgIpc) is 3.35. The molecule has 1 aliphatic heterocycles. The summed E-state index contributed by atoms with van der Waals surface area (Å²) in [5.74, 6) is 1.98. The molecule has 4 aliphatic carbocycles. The SMILES string of the molecule is CCC1CCCC(C)C12OC1(c3ccccc3-c3c(N(c4ccc(C5=CCCC=C5)cc4)c4ccc(-c5ccccc5)cc4)cccc32)C2CCCC1CCC2. The van der Waals surface area contributed by atoms with Gasteiger partial charge in [-0.3, -0.25) is 0 Å². The minimum atomic E-state index is -0.366. The van der Waals surface area contributed by atoms with E-state index >= 15 is 0 Å². The quantitative estimate of drug-likeness (QED) is 0.172. The highest BCUT2D eigenvalue weighted by Gasteiger charge is 2.61. The Hall–Kier alpha value is -4.66. The second kappa shape index (κ2) is 14.7. The Morgan fingerprint density at radius 2 is 1.21 bits per heavy atom. The largest absolute Gasteiger partial charge is 0.358 e. The molecule has 3 fully saturated rings. The maximum absolute atomic E-state index is 8.47. The van der Waals surface area contributed by atoms with Crippen molar-refractivity contribution >= 4 is 22.6 Å². The number of rotatable bonds is 6. The number of anilines is 3. The number of ether oxygens (including phenoxy) is 1. The Balaban J connectivity index is 1.24. The van der Waals surface area contributed by atoms with Crippen LogP contribution in [0.4, 0.5) is 17.1 Å². The number of hydrogen-bond donors (Lipinski definition) is 0. The molecule has 56 heavy (non-hydrogen) atoms. The first-order chi connectivity index (χ1) is 27.6. The van der Waals surface area contributed by atoms with Gasteiger partial charge in [0.2, 0.25) is 0 Å². The van der Waals surface area contributed by atoms with Crippen LogP contribution in [0.2, 0.25) is 0 Å². The molecular formula is C54H57NO. The molecule has 2 spiro atoms. The van der Waals surface area contributed by atoms with Gasteiger partial charge in [-0.05, 0) is 144 Å². The molecule has 284 valence electrons. The Morgan fingerprint density at radius 3 is 1.89 bits per heavy atom. The standard InChI is InChI=1S/C54H57NO/c1-3-43-21-12-16-38(2)53(43)50-28-15-29-51(52(50)48-26-10-11-27-49(48)54(56-53)44-22-13-23-45(54)25-14-24-44)55(46-34-30-41(31-35-46)39-17-6-4-7-18-39)47-36-32-42(33-37-47)40-19-8-5-9-20-40/h4,6-8,10-11,15,17-20,26-38,43-45H,3,5,9,12-14,16,21-25H2,1-2H3. The van der Waals surface area contributed by atoms with Gasteiger partial charge in [-0.15, -0.1) is 0 Å². The van der Waals surface area contributed by atoms with Gasteiger partial charge in [0.25, 0.3) is 0 Å². The van der Waals surface area contributed by atoms with Gasteiger partial charge in [0.05, 0.1) is 5.69 Å². The normalized spacial score (nSPS) is 27.9. The van der Waals surface area contributed by atoms with Crippen LogP contribution in [0.5, 0.6) is 0 Å². The molecule has 5 aromatic rings. The van der Waals surface area contributed by atoms with Crippen LogP contribution < -0.4 is 4.90 Å². The van der Waals surface area contributed by atoms with Crippen molar-refractivity contribution < 1.29 is 4.74 Å². The van der Waals surface area contributed by atoms with E-state index < -0.39 is 0 Å². The first kappa shape index (κ1) is 35.7. The maximum Gasteiger partial charge on any atom is 0.101 e. The molecule has 0 radical (unpaired) electrons. The van der Waals surface area contributed by atoms with E-state index in [4.69, 9.17) is 4.74 Å². The second-order valence-corrected chi connectivity index (χ2v) is 17.6. The van der Waals surface area contributed by atoms with Crippen molar-refractivity contribution in [1.29, 1.82) is 0 Å². The zero-order valence-corrected chi connectivity index (χ0v) is 33.4. The van der Waals surface area contributed by atoms with Crippen molar-refractivity contribution in [2.45, 2.75) is 102 Å². The first-order valence-electron chi connectivity index (χ1n) is 22.0. The van der Waals surface area contributed by atoms with Gasteiger partial charge < -0.3 is 9.64 Å². The van der Waals surface area contributed by atoms with Gasteiger partial charge in [-0.1, -0.05) is 149 Å². The predicted molar refractivity (Wildman–Crippen MR) is 234 cm³/mol. The van der Waals surface area contributed by atoms with Crippen molar-refractivity contribution in [2.24, 2.45) is 23.7 Å². The van der Waals surface area contributed by atoms with Crippen LogP contribution in [0, 0.1) is 23.7 Å². The molecular weight excluding hydrogens is 679 g/mol. The second-order valence-electron chi connectivity index (χ2n) is 17.6. The van der Waals surface area contributed by atoms with Crippen molar-refractivity contribution in [3.63, 3.8) is 0 Å². The van der Waals surface area contributed by atoms with E-state index in [0.29, 0.717) is 23.7 Å². The monoisotopic (exact) mass is 735 g/mol. The molecule has 2 bridgehead atoms. The highest BCUT2D eigenvalue weighted by atomic mass is 16.5. The fraction of sp³-hybridized carbons (Fsp3) is 0.370. The summed E-state index contributed by atoms with van der Waals surface area (Å²) in [6.45, 7) is 4.97. The Kier molecular flexibility index (Phi) is 9.37. The smallest absolute Gasteiger partial charge is 0.101 e. The summed E-state index contributed by atoms with van der Waals surface area (Å²) < 4.78 is 8.47. The molecule has 5 aliphatic rings. The lowest BCUT2D eigenvalue weighted by atomic mass is 9.57. The predicted octanol–water partition coefficient (Wildman–Crippen LogP) is 15.1. The summed E-state index contributed by atoms with van der Waals surface area (Å²) in [6.07, 6.45) is 21.8. The molecule has 3 atom stereocenters. The molecule has 2 heteroatoms. The lowest BCUT2D eigenvalue weighted by Crippen LogP contribution is -2.57. The molecule has 0 amide bonds. The Labute approximate surface area is 335 Å². The van der Waals surface area contributed by atoms with Crippen LogP contribution in [-0.2, 0) is 15.9 Å². The highest BCUT2D eigenvalue weighted by molar-refractivity contribution is 5.92. The number of fused-ring (bicyclic) bond motifs is 4. The van der Waals surface area contributed by atoms with E-state index in [0.717, 1.165) is 19.3 Å². The molecule has 1 heterocycles. The third kappa shape index (κ3) is 5.69. The minimum Gasteiger partial charge on any atom is -0.358 e. The zero-order valence-electron chi connectivity index (χ0n) is 33.4. The van der Waals surface area contributed by atoms with Gasteiger partial charge in [0.15, 0.2) is 0 Å². The van der Waals surface area contributed by atoms with Gasteiger partial charge >= 0.3 is 0 Å². The Bertz CT molecular complexity index is 2220. The topological polar surface area (TPSA) is 12.5 Å². The number of nitrogens with zero attached hydrogens (tertiary/aromatic N) is 1. The molecule has 10 rings (SSSR count). The van der Waals surface area contributed by atoms with E-state index in [-0.39, 0.29) is 11.2 Å². The summed E-state index contributed by atoms with van der Waals surface area (Å²) in [6, 6.07) is 46.2. The maximum atomic E-state index is 8.47. The van der Waals surface area contributed by atoms with Gasteiger partial charge in [-0.25, -0.2) is 0 Å². The molecule has 0 aromatic heterocycles. The molecule has 0 N–H and O–H groups in total. The van der Waals surface area contributed by atoms with E-state index in [1.54, 1.807) is 0 Å². The molecule has 3 saturated carbocycles.